The molecule has 2 saturated heterocycles. The topological polar surface area (TPSA) is 53.6 Å². The molecule has 2 aliphatic heterocycles. The van der Waals surface area contributed by atoms with Gasteiger partial charge in [-0.25, -0.2) is 0 Å². The van der Waals surface area contributed by atoms with Gasteiger partial charge in [-0.05, 0) is 19.8 Å². The molecule has 0 radical (unpaired) electrons. The first-order valence-electron chi connectivity index (χ1n) is 7.85. The summed E-state index contributed by atoms with van der Waals surface area (Å²) in [6.07, 6.45) is 0.396. The second-order valence-electron chi connectivity index (χ2n) is 6.67. The Kier molecular flexibility index (Phi) is 9.90. The molecule has 0 aliphatic carbocycles. The molecule has 1 amide bonds. The van der Waals surface area contributed by atoms with Crippen LogP contribution in [0, 0.1) is 11.8 Å². The van der Waals surface area contributed by atoms with Gasteiger partial charge in [0.15, 0.2) is 0 Å². The minimum atomic E-state index is -0.0446. The van der Waals surface area contributed by atoms with E-state index in [1.54, 1.807) is 0 Å². The molecule has 2 fully saturated rings. The van der Waals surface area contributed by atoms with E-state index in [2.05, 4.69) is 43.2 Å². The fourth-order valence-corrected chi connectivity index (χ4v) is 3.18. The third-order valence-corrected chi connectivity index (χ3v) is 4.17. The van der Waals surface area contributed by atoms with Gasteiger partial charge in [-0.2, -0.15) is 0 Å². The van der Waals surface area contributed by atoms with Crippen LogP contribution >= 0.6 is 24.8 Å². The Bertz CT molecular complexity index is 331. The molecule has 2 heterocycles. The van der Waals surface area contributed by atoms with Gasteiger partial charge in [0.25, 0.3) is 0 Å². The third-order valence-electron chi connectivity index (χ3n) is 4.17. The summed E-state index contributed by atoms with van der Waals surface area (Å²) in [6, 6.07) is -0.0446. The van der Waals surface area contributed by atoms with Crippen LogP contribution < -0.4 is 10.6 Å². The van der Waals surface area contributed by atoms with Crippen molar-refractivity contribution in [3.05, 3.63) is 0 Å². The zero-order chi connectivity index (χ0) is 14.7. The second-order valence-corrected chi connectivity index (χ2v) is 6.67. The van der Waals surface area contributed by atoms with Gasteiger partial charge in [0, 0.05) is 38.6 Å². The Balaban J connectivity index is 0.00000220. The summed E-state index contributed by atoms with van der Waals surface area (Å²) in [6.45, 7) is 12.9. The van der Waals surface area contributed by atoms with Crippen molar-refractivity contribution in [3.63, 3.8) is 0 Å². The monoisotopic (exact) mass is 355 g/mol. The van der Waals surface area contributed by atoms with Crippen LogP contribution in [-0.4, -0.2) is 61.8 Å². The number of hydrogen-bond donors (Lipinski definition) is 2. The maximum absolute atomic E-state index is 12.5. The van der Waals surface area contributed by atoms with Crippen molar-refractivity contribution in [2.24, 2.45) is 11.8 Å². The first kappa shape index (κ1) is 21.9. The molecule has 7 heteroatoms. The van der Waals surface area contributed by atoms with Crippen LogP contribution in [0.25, 0.3) is 0 Å². The highest BCUT2D eigenvalue weighted by atomic mass is 35.5. The average molecular weight is 356 g/mol. The molecule has 0 aromatic rings. The first-order valence-corrected chi connectivity index (χ1v) is 7.85. The summed E-state index contributed by atoms with van der Waals surface area (Å²) in [5.41, 5.74) is 0. The number of amides is 1. The second kappa shape index (κ2) is 9.93. The standard InChI is InChI=1S/C15H29N3O2.2ClH/c1-10(2)14(15(19)17-7-13-5-16-6-13)18-8-11(3)20-12(4)9-18;;/h10-14,16H,5-9H2,1-4H3,(H,17,19);2*1H. The lowest BCUT2D eigenvalue weighted by atomic mass is 9.98. The third kappa shape index (κ3) is 5.85. The van der Waals surface area contributed by atoms with E-state index in [0.717, 1.165) is 32.7 Å². The van der Waals surface area contributed by atoms with E-state index >= 15 is 0 Å². The molecule has 2 aliphatic rings. The molecule has 3 unspecified atom stereocenters. The predicted molar refractivity (Wildman–Crippen MR) is 94.1 cm³/mol. The molecule has 5 nitrogen and oxygen atoms in total. The van der Waals surface area contributed by atoms with E-state index in [-0.39, 0.29) is 49.0 Å². The zero-order valence-electron chi connectivity index (χ0n) is 14.0. The van der Waals surface area contributed by atoms with Crippen molar-refractivity contribution in [3.8, 4) is 0 Å². The van der Waals surface area contributed by atoms with Gasteiger partial charge < -0.3 is 15.4 Å². The molecule has 132 valence electrons. The molecule has 2 rings (SSSR count). The van der Waals surface area contributed by atoms with Gasteiger partial charge >= 0.3 is 0 Å². The van der Waals surface area contributed by atoms with Crippen LogP contribution in [0.15, 0.2) is 0 Å². The van der Waals surface area contributed by atoms with E-state index in [4.69, 9.17) is 4.74 Å². The van der Waals surface area contributed by atoms with Crippen LogP contribution in [0.1, 0.15) is 27.7 Å². The van der Waals surface area contributed by atoms with Crippen molar-refractivity contribution < 1.29 is 9.53 Å². The first-order chi connectivity index (χ1) is 9.47. The number of carbonyl (C=O) groups is 1. The number of nitrogens with zero attached hydrogens (tertiary/aromatic N) is 1. The van der Waals surface area contributed by atoms with Crippen LogP contribution in [0.5, 0.6) is 0 Å². The van der Waals surface area contributed by atoms with Gasteiger partial charge in [-0.1, -0.05) is 13.8 Å². The predicted octanol–water partition coefficient (Wildman–Crippen LogP) is 1.30. The number of ether oxygens (including phenoxy) is 1. The van der Waals surface area contributed by atoms with E-state index in [0.29, 0.717) is 11.8 Å². The van der Waals surface area contributed by atoms with Gasteiger partial charge in [0.1, 0.15) is 0 Å². The van der Waals surface area contributed by atoms with E-state index < -0.39 is 0 Å². The quantitative estimate of drug-likeness (QED) is 0.780. The molecular weight excluding hydrogens is 325 g/mol. The highest BCUT2D eigenvalue weighted by Gasteiger charge is 2.34. The summed E-state index contributed by atoms with van der Waals surface area (Å²) in [5.74, 6) is 1.09. The average Bonchev–Trinajstić information content (AvgIpc) is 2.24. The van der Waals surface area contributed by atoms with Crippen LogP contribution in [0.3, 0.4) is 0 Å². The molecule has 22 heavy (non-hydrogen) atoms. The van der Waals surface area contributed by atoms with Crippen molar-refractivity contribution in [2.45, 2.75) is 45.9 Å². The summed E-state index contributed by atoms with van der Waals surface area (Å²) in [4.78, 5) is 14.8. The molecule has 0 bridgehead atoms. The largest absolute Gasteiger partial charge is 0.373 e. The van der Waals surface area contributed by atoms with Gasteiger partial charge in [0.05, 0.1) is 18.2 Å². The van der Waals surface area contributed by atoms with E-state index in [9.17, 15) is 4.79 Å². The fraction of sp³-hybridized carbons (Fsp3) is 0.933. The van der Waals surface area contributed by atoms with Crippen LogP contribution in [0.2, 0.25) is 0 Å². The van der Waals surface area contributed by atoms with Gasteiger partial charge in [-0.15, -0.1) is 24.8 Å². The van der Waals surface area contributed by atoms with E-state index in [1.807, 2.05) is 0 Å². The lowest BCUT2D eigenvalue weighted by molar-refractivity contribution is -0.135. The SMILES string of the molecule is CC1CN(C(C(=O)NCC2CNC2)C(C)C)CC(C)O1.Cl.Cl. The minimum absolute atomic E-state index is 0. The van der Waals surface area contributed by atoms with Crippen molar-refractivity contribution in [1.29, 1.82) is 0 Å². The molecule has 0 saturated carbocycles. The maximum Gasteiger partial charge on any atom is 0.237 e. The summed E-state index contributed by atoms with van der Waals surface area (Å²) in [7, 11) is 0. The number of halogens is 2. The highest BCUT2D eigenvalue weighted by molar-refractivity contribution is 5.85. The Morgan fingerprint density at radius 3 is 2.18 bits per heavy atom. The highest BCUT2D eigenvalue weighted by Crippen LogP contribution is 2.18. The smallest absolute Gasteiger partial charge is 0.237 e. The summed E-state index contributed by atoms with van der Waals surface area (Å²) in [5, 5.41) is 6.37. The Hall–Kier alpha value is -0.0700. The summed E-state index contributed by atoms with van der Waals surface area (Å²) < 4.78 is 5.77. The lowest BCUT2D eigenvalue weighted by Crippen LogP contribution is -2.58. The van der Waals surface area contributed by atoms with Crippen LogP contribution in [-0.2, 0) is 9.53 Å². The summed E-state index contributed by atoms with van der Waals surface area (Å²) >= 11 is 0. The minimum Gasteiger partial charge on any atom is -0.373 e. The fourth-order valence-electron chi connectivity index (χ4n) is 3.18. The van der Waals surface area contributed by atoms with Crippen molar-refractivity contribution in [1.82, 2.24) is 15.5 Å². The molecule has 0 aromatic heterocycles. The molecule has 0 spiro atoms. The van der Waals surface area contributed by atoms with Gasteiger partial charge in [0.2, 0.25) is 5.91 Å². The zero-order valence-corrected chi connectivity index (χ0v) is 15.6. The lowest BCUT2D eigenvalue weighted by Gasteiger charge is -2.41. The Labute approximate surface area is 146 Å². The number of morpholine rings is 1. The van der Waals surface area contributed by atoms with Gasteiger partial charge in [-0.3, -0.25) is 9.69 Å². The number of rotatable bonds is 5. The normalized spacial score (nSPS) is 27.3. The number of nitrogens with one attached hydrogen (secondary N) is 2. The number of hydrogen-bond acceptors (Lipinski definition) is 4. The molecule has 0 aromatic carbocycles. The molecule has 3 atom stereocenters. The molecule has 2 N–H and O–H groups in total. The Morgan fingerprint density at radius 2 is 1.77 bits per heavy atom. The maximum atomic E-state index is 12.5. The molecular formula is C15H31Cl2N3O2. The van der Waals surface area contributed by atoms with E-state index in [1.165, 1.54) is 0 Å². The Morgan fingerprint density at radius 1 is 1.23 bits per heavy atom. The van der Waals surface area contributed by atoms with Crippen LogP contribution in [0.4, 0.5) is 0 Å². The van der Waals surface area contributed by atoms with Crippen molar-refractivity contribution in [2.75, 3.05) is 32.7 Å². The van der Waals surface area contributed by atoms with Crippen molar-refractivity contribution >= 4 is 30.7 Å². The number of carbonyl (C=O) groups excluding carboxylic acids is 1.